The third-order valence-electron chi connectivity index (χ3n) is 4.51. The van der Waals surface area contributed by atoms with Gasteiger partial charge in [0, 0.05) is 30.6 Å². The number of thioether (sulfide) groups is 1. The molecule has 1 atom stereocenters. The Morgan fingerprint density at radius 2 is 2.09 bits per heavy atom. The summed E-state index contributed by atoms with van der Waals surface area (Å²) < 4.78 is 5.29. The molecule has 6 nitrogen and oxygen atoms in total. The lowest BCUT2D eigenvalue weighted by atomic mass is 10.0. The van der Waals surface area contributed by atoms with E-state index in [9.17, 15) is 5.11 Å². The van der Waals surface area contributed by atoms with Crippen LogP contribution >= 0.6 is 11.8 Å². The van der Waals surface area contributed by atoms with Crippen LogP contribution < -0.4 is 4.90 Å². The molecule has 2 aromatic heterocycles. The Hall–Kier alpha value is -1.60. The molecule has 0 radical (unpaired) electrons. The normalized spacial score (nSPS) is 25.0. The largest absolute Gasteiger partial charge is 0.379 e. The fraction of sp³-hybridized carbons (Fsp3) is 0.562. The summed E-state index contributed by atoms with van der Waals surface area (Å²) in [6.07, 6.45) is 6.21. The number of aliphatic hydroxyl groups is 1. The number of hydrogen-bond acceptors (Lipinski definition) is 7. The molecular formula is C16H20N4O2S. The van der Waals surface area contributed by atoms with Crippen molar-refractivity contribution in [1.29, 1.82) is 0 Å². The number of rotatable bonds is 3. The Labute approximate surface area is 139 Å². The van der Waals surface area contributed by atoms with Crippen LogP contribution in [0, 0.1) is 0 Å². The minimum absolute atomic E-state index is 0.317. The molecule has 2 aliphatic rings. The van der Waals surface area contributed by atoms with Gasteiger partial charge in [-0.05, 0) is 43.6 Å². The summed E-state index contributed by atoms with van der Waals surface area (Å²) in [5.74, 6) is 3.34. The predicted molar refractivity (Wildman–Crippen MR) is 89.4 cm³/mol. The molecule has 122 valence electrons. The van der Waals surface area contributed by atoms with Crippen LogP contribution in [0.2, 0.25) is 0 Å². The first kappa shape index (κ1) is 15.0. The maximum Gasteiger partial charge on any atom is 0.259 e. The lowest BCUT2D eigenvalue weighted by Gasteiger charge is -2.27. The van der Waals surface area contributed by atoms with Crippen molar-refractivity contribution in [2.24, 2.45) is 0 Å². The van der Waals surface area contributed by atoms with E-state index >= 15 is 0 Å². The van der Waals surface area contributed by atoms with Crippen LogP contribution in [0.3, 0.4) is 0 Å². The molecule has 0 saturated carbocycles. The highest BCUT2D eigenvalue weighted by molar-refractivity contribution is 7.99. The molecule has 4 heterocycles. The van der Waals surface area contributed by atoms with Crippen molar-refractivity contribution in [1.82, 2.24) is 15.1 Å². The Kier molecular flexibility index (Phi) is 3.98. The van der Waals surface area contributed by atoms with Crippen LogP contribution in [0.25, 0.3) is 11.4 Å². The maximum absolute atomic E-state index is 10.5. The summed E-state index contributed by atoms with van der Waals surface area (Å²) in [7, 11) is 0. The highest BCUT2D eigenvalue weighted by Gasteiger charge is 2.39. The van der Waals surface area contributed by atoms with Gasteiger partial charge in [-0.3, -0.25) is 0 Å². The topological polar surface area (TPSA) is 75.3 Å². The molecule has 2 fully saturated rings. The van der Waals surface area contributed by atoms with Crippen LogP contribution in [0.5, 0.6) is 0 Å². The lowest BCUT2D eigenvalue weighted by Crippen LogP contribution is -2.29. The second kappa shape index (κ2) is 6.13. The summed E-state index contributed by atoms with van der Waals surface area (Å²) in [5.41, 5.74) is -0.160. The van der Waals surface area contributed by atoms with Gasteiger partial charge in [0.2, 0.25) is 5.82 Å². The van der Waals surface area contributed by atoms with Gasteiger partial charge in [0.15, 0.2) is 5.60 Å². The summed E-state index contributed by atoms with van der Waals surface area (Å²) in [4.78, 5) is 11.2. The standard InChI is InChI=1S/C16H20N4O2S/c21-16(6-9-23-11-16)15-18-14(19-22-15)12-4-5-13(17-10-12)20-7-2-1-3-8-20/h4-5,10,21H,1-3,6-9,11H2/t16-/m0/s1. The molecule has 0 amide bonds. The summed E-state index contributed by atoms with van der Waals surface area (Å²) in [5, 5.41) is 14.5. The van der Waals surface area contributed by atoms with E-state index < -0.39 is 5.60 Å². The quantitative estimate of drug-likeness (QED) is 0.925. The first-order chi connectivity index (χ1) is 11.2. The zero-order chi connectivity index (χ0) is 15.7. The van der Waals surface area contributed by atoms with E-state index in [2.05, 4.69) is 20.0 Å². The zero-order valence-corrected chi connectivity index (χ0v) is 13.8. The molecule has 1 N–H and O–H groups in total. The molecule has 2 aliphatic heterocycles. The number of hydrogen-bond donors (Lipinski definition) is 1. The highest BCUT2D eigenvalue weighted by atomic mass is 32.2. The Morgan fingerprint density at radius 1 is 1.22 bits per heavy atom. The molecule has 23 heavy (non-hydrogen) atoms. The van der Waals surface area contributed by atoms with Gasteiger partial charge < -0.3 is 14.5 Å². The van der Waals surface area contributed by atoms with E-state index in [0.717, 1.165) is 30.2 Å². The van der Waals surface area contributed by atoms with Crippen molar-refractivity contribution in [3.8, 4) is 11.4 Å². The Morgan fingerprint density at radius 3 is 2.78 bits per heavy atom. The predicted octanol–water partition coefficient (Wildman–Crippen LogP) is 2.45. The SMILES string of the molecule is O[C@@]1(c2nc(-c3ccc(N4CCCCC4)nc3)no2)CCSC1. The molecule has 7 heteroatoms. The molecular weight excluding hydrogens is 312 g/mol. The van der Waals surface area contributed by atoms with Crippen molar-refractivity contribution >= 4 is 17.6 Å². The zero-order valence-electron chi connectivity index (χ0n) is 12.9. The van der Waals surface area contributed by atoms with E-state index in [0.29, 0.717) is 23.9 Å². The van der Waals surface area contributed by atoms with Gasteiger partial charge in [0.05, 0.1) is 0 Å². The Balaban J connectivity index is 1.53. The molecule has 0 aromatic carbocycles. The van der Waals surface area contributed by atoms with E-state index in [1.807, 2.05) is 12.1 Å². The smallest absolute Gasteiger partial charge is 0.259 e. The first-order valence-corrected chi connectivity index (χ1v) is 9.26. The minimum Gasteiger partial charge on any atom is -0.379 e. The number of nitrogens with zero attached hydrogens (tertiary/aromatic N) is 4. The summed E-state index contributed by atoms with van der Waals surface area (Å²) >= 11 is 1.70. The highest BCUT2D eigenvalue weighted by Crippen LogP contribution is 2.36. The van der Waals surface area contributed by atoms with Gasteiger partial charge in [-0.25, -0.2) is 4.98 Å². The first-order valence-electron chi connectivity index (χ1n) is 8.10. The third kappa shape index (κ3) is 2.95. The van der Waals surface area contributed by atoms with Crippen molar-refractivity contribution < 1.29 is 9.63 Å². The average molecular weight is 332 g/mol. The average Bonchev–Trinajstić information content (AvgIpc) is 3.26. The van der Waals surface area contributed by atoms with E-state index in [-0.39, 0.29) is 0 Å². The van der Waals surface area contributed by atoms with Gasteiger partial charge in [0.25, 0.3) is 5.89 Å². The van der Waals surface area contributed by atoms with Crippen LogP contribution in [0.4, 0.5) is 5.82 Å². The molecule has 2 aromatic rings. The molecule has 0 bridgehead atoms. The van der Waals surface area contributed by atoms with Crippen LogP contribution in [0.15, 0.2) is 22.9 Å². The van der Waals surface area contributed by atoms with Crippen LogP contribution in [-0.4, -0.2) is 44.8 Å². The maximum atomic E-state index is 10.5. The number of pyridine rings is 1. The third-order valence-corrected chi connectivity index (χ3v) is 5.69. The van der Waals surface area contributed by atoms with Crippen molar-refractivity contribution in [2.75, 3.05) is 29.5 Å². The fourth-order valence-corrected chi connectivity index (χ4v) is 4.31. The Bertz CT molecular complexity index is 661. The van der Waals surface area contributed by atoms with Gasteiger partial charge in [-0.2, -0.15) is 16.7 Å². The summed E-state index contributed by atoms with van der Waals surface area (Å²) in [6.45, 7) is 2.15. The minimum atomic E-state index is -0.975. The summed E-state index contributed by atoms with van der Waals surface area (Å²) in [6, 6.07) is 3.98. The second-order valence-electron chi connectivity index (χ2n) is 6.21. The number of aromatic nitrogens is 3. The molecule has 2 saturated heterocycles. The van der Waals surface area contributed by atoms with Crippen molar-refractivity contribution in [3.05, 3.63) is 24.2 Å². The number of piperidine rings is 1. The van der Waals surface area contributed by atoms with E-state index in [4.69, 9.17) is 4.52 Å². The van der Waals surface area contributed by atoms with Gasteiger partial charge in [-0.1, -0.05) is 5.16 Å². The van der Waals surface area contributed by atoms with E-state index in [1.165, 1.54) is 19.3 Å². The van der Waals surface area contributed by atoms with Crippen molar-refractivity contribution in [2.45, 2.75) is 31.3 Å². The molecule has 0 aliphatic carbocycles. The molecule has 0 spiro atoms. The molecule has 0 unspecified atom stereocenters. The molecule has 4 rings (SSSR count). The van der Waals surface area contributed by atoms with Crippen molar-refractivity contribution in [3.63, 3.8) is 0 Å². The number of anilines is 1. The second-order valence-corrected chi connectivity index (χ2v) is 7.32. The fourth-order valence-electron chi connectivity index (χ4n) is 3.08. The van der Waals surface area contributed by atoms with Gasteiger partial charge >= 0.3 is 0 Å². The lowest BCUT2D eigenvalue weighted by molar-refractivity contribution is 0.0307. The van der Waals surface area contributed by atoms with Crippen LogP contribution in [0.1, 0.15) is 31.6 Å². The van der Waals surface area contributed by atoms with Gasteiger partial charge in [0.1, 0.15) is 5.82 Å². The van der Waals surface area contributed by atoms with E-state index in [1.54, 1.807) is 18.0 Å². The van der Waals surface area contributed by atoms with Crippen LogP contribution in [-0.2, 0) is 5.60 Å². The van der Waals surface area contributed by atoms with Gasteiger partial charge in [-0.15, -0.1) is 0 Å². The monoisotopic (exact) mass is 332 g/mol.